The number of aryl methyl sites for hydroxylation is 1. The third kappa shape index (κ3) is 30.5. The van der Waals surface area contributed by atoms with Gasteiger partial charge in [0.25, 0.3) is 0 Å². The molecule has 1 aliphatic rings. The number of hydrogen-bond donors (Lipinski definition) is 22. The first-order chi connectivity index (χ1) is 47.9. The number of ketones is 1. The van der Waals surface area contributed by atoms with E-state index in [2.05, 4.69) is 84.4 Å². The second kappa shape index (κ2) is 42.0. The number of rotatable bonds is 43. The molecule has 23 N–H and O–H groups in total. The number of likely N-dealkylation sites (N-methyl/N-ethyl adjacent to an activating group) is 1. The molecule has 7 unspecified atom stereocenters. The van der Waals surface area contributed by atoms with Crippen LogP contribution in [0.2, 0.25) is 0 Å². The van der Waals surface area contributed by atoms with Crippen LogP contribution in [0.4, 0.5) is 0 Å². The van der Waals surface area contributed by atoms with E-state index in [0.717, 1.165) is 13.8 Å². The number of carboxylic acid groups (broad SMARTS) is 2. The van der Waals surface area contributed by atoms with Crippen molar-refractivity contribution in [3.8, 4) is 5.75 Å². The van der Waals surface area contributed by atoms with Gasteiger partial charge in [-0.05, 0) is 78.0 Å². The molecule has 10 atom stereocenters. The van der Waals surface area contributed by atoms with E-state index in [0.29, 0.717) is 16.2 Å². The number of nitrogens with zero attached hydrogens (tertiary/aromatic N) is 2. The molecule has 1 saturated heterocycles. The Kier molecular flexibility index (Phi) is 35.0. The van der Waals surface area contributed by atoms with Crippen LogP contribution in [0.15, 0.2) is 36.8 Å². The molecule has 1 aromatic heterocycles. The number of likely N-dealkylation sites (tertiary alicyclic amines) is 1. The van der Waals surface area contributed by atoms with Gasteiger partial charge >= 0.3 is 11.9 Å². The van der Waals surface area contributed by atoms with Gasteiger partial charge in [0.1, 0.15) is 60.1 Å². The number of H-pyrrole nitrogens is 1. The average Bonchev–Trinajstić information content (AvgIpc) is 0.840. The smallest absolute Gasteiger partial charge is 0.303 e. The normalized spacial score (nSPS) is 15.3. The Morgan fingerprint density at radius 3 is 1.50 bits per heavy atom. The van der Waals surface area contributed by atoms with Gasteiger partial charge in [-0.3, -0.25) is 86.3 Å². The van der Waals surface area contributed by atoms with E-state index in [1.807, 2.05) is 0 Å². The van der Waals surface area contributed by atoms with Crippen LogP contribution in [0.25, 0.3) is 0 Å². The van der Waals surface area contributed by atoms with Crippen LogP contribution in [0.5, 0.6) is 5.75 Å². The van der Waals surface area contributed by atoms with Crippen molar-refractivity contribution in [1.29, 1.82) is 0 Å². The average molecular weight is 1450 g/mol. The summed E-state index contributed by atoms with van der Waals surface area (Å²) in [5.74, 6) is -18.5. The summed E-state index contributed by atoms with van der Waals surface area (Å²) in [5.41, 5.74) is 5.38. The number of piperidine rings is 1. The van der Waals surface area contributed by atoms with Gasteiger partial charge in [-0.25, -0.2) is 4.98 Å². The summed E-state index contributed by atoms with van der Waals surface area (Å²) in [7, 11) is 0. The number of carboxylic acids is 2. The summed E-state index contributed by atoms with van der Waals surface area (Å²) in [4.78, 5) is 239. The van der Waals surface area contributed by atoms with Gasteiger partial charge in [0.05, 0.1) is 70.5 Å². The van der Waals surface area contributed by atoms with Crippen LogP contribution in [0.3, 0.4) is 0 Å². The van der Waals surface area contributed by atoms with E-state index >= 15 is 0 Å². The molecule has 0 bridgehead atoms. The van der Waals surface area contributed by atoms with Crippen molar-refractivity contribution in [2.45, 2.75) is 152 Å². The zero-order valence-corrected chi connectivity index (χ0v) is 56.3. The number of phenolic OH excluding ortho intramolecular Hbond substituents is 1. The fourth-order valence-electron chi connectivity index (χ4n) is 9.30. The van der Waals surface area contributed by atoms with Gasteiger partial charge in [-0.1, -0.05) is 12.1 Å². The summed E-state index contributed by atoms with van der Waals surface area (Å²) in [5, 5.41) is 90.2. The summed E-state index contributed by atoms with van der Waals surface area (Å²) in [6.45, 7) is -0.605. The number of aliphatic hydroxyl groups excluding tert-OH is 3. The third-order valence-corrected chi connectivity index (χ3v) is 14.8. The Hall–Kier alpha value is -11.3. The van der Waals surface area contributed by atoms with E-state index in [1.165, 1.54) is 50.6 Å². The summed E-state index contributed by atoms with van der Waals surface area (Å²) in [6, 6.07) is -6.59. The van der Waals surface area contributed by atoms with E-state index < -0.39 is 251 Å². The maximum absolute atomic E-state index is 13.5. The largest absolute Gasteiger partial charge is 0.508 e. The maximum Gasteiger partial charge on any atom is 0.303 e. The SMILES string of the molecule is CCNC(=O)[C@H](CCC(=O)O)NC(=O)CNC(=O)[C@H](CCc1ccc(O)cc1)NC(=O)CNC(=O)[C@H](CO)NC(=O)CN1CC(=O)CC(NC(=O)CNC(=O)C(NC(=O)CNC(=O)C(NC(=O)CNC(=O)C(CCC(=O)O)NC(=O)C(C)(C)NC(=O)C(N)Cc2cnc[nH]2)C(C)O)C(C)O)C1=O. The van der Waals surface area contributed by atoms with Gasteiger partial charge in [0, 0.05) is 44.1 Å². The number of phenols is 1. The molecule has 0 aliphatic carbocycles. The molecule has 1 aromatic carbocycles. The van der Waals surface area contributed by atoms with Gasteiger partial charge in [-0.2, -0.15) is 0 Å². The molecule has 2 aromatic rings. The van der Waals surface area contributed by atoms with Crippen molar-refractivity contribution in [2.75, 3.05) is 59.0 Å². The predicted molar refractivity (Wildman–Crippen MR) is 347 cm³/mol. The molecular weight excluding hydrogens is 1360 g/mol. The molecule has 102 heavy (non-hydrogen) atoms. The number of carbonyl (C=O) groups excluding carboxylic acids is 16. The van der Waals surface area contributed by atoms with Gasteiger partial charge in [-0.15, -0.1) is 0 Å². The molecule has 0 spiro atoms. The van der Waals surface area contributed by atoms with Gasteiger partial charge < -0.3 is 121 Å². The number of Topliss-reactive ketones (excluding diaryl/α,β-unsaturated/α-hetero) is 1. The standard InChI is InChI=1S/C60H88N18O24/c1-6-63-52(95)37(13-15-47(90)91)71-41(84)20-64-53(96)36(12-9-31-7-10-33(82)11-8-31)70-42(85)21-66-55(98)40(27-79)73-46(89)26-78-25-34(83)18-39(58(78)101)72-43(86)22-67-56(99)49(29(2)80)76-45(88)24-68-57(100)50(30(3)81)75-44(87)23-65-54(97)38(14-16-48(92)93)74-59(102)60(4,5)77-51(94)35(61)17-32-19-62-28-69-32/h7-8,10-11,19,28-30,35-40,49-50,79-82H,6,9,12-18,20-27,61H2,1-5H3,(H,62,69)(H,63,95)(H,64,96)(H,65,97)(H,66,98)(H,67,99)(H,68,100)(H,70,85)(H,71,84)(H,72,86)(H,73,89)(H,74,102)(H,75,87)(H,76,88)(H,77,94)(H,90,91)(H,92,93)/t29?,30?,35?,36-,37-,38?,39?,40-,49?,50?/m0/s1. The molecular formula is C60H88N18O24. The van der Waals surface area contributed by atoms with Crippen molar-refractivity contribution in [2.24, 2.45) is 5.73 Å². The Bertz CT molecular complexity index is 3350. The molecule has 42 nitrogen and oxygen atoms in total. The quantitative estimate of drug-likeness (QED) is 0.0293. The Morgan fingerprint density at radius 1 is 0.598 bits per heavy atom. The lowest BCUT2D eigenvalue weighted by molar-refractivity contribution is -0.146. The number of nitrogens with one attached hydrogen (secondary N) is 15. The first-order valence-corrected chi connectivity index (χ1v) is 31.7. The van der Waals surface area contributed by atoms with Crippen LogP contribution in [-0.4, -0.2) is 277 Å². The maximum atomic E-state index is 13.5. The van der Waals surface area contributed by atoms with E-state index in [4.69, 9.17) is 10.8 Å². The summed E-state index contributed by atoms with van der Waals surface area (Å²) < 4.78 is 0. The number of aromatic nitrogens is 2. The molecule has 0 radical (unpaired) electrons. The monoisotopic (exact) mass is 1440 g/mol. The van der Waals surface area contributed by atoms with E-state index in [1.54, 1.807) is 6.92 Å². The lowest BCUT2D eigenvalue weighted by atomic mass is 10.0. The highest BCUT2D eigenvalue weighted by molar-refractivity contribution is 6.02. The zero-order valence-electron chi connectivity index (χ0n) is 56.3. The molecule has 2 heterocycles. The minimum Gasteiger partial charge on any atom is -0.508 e. The number of aliphatic hydroxyl groups is 3. The van der Waals surface area contributed by atoms with Crippen LogP contribution in [0.1, 0.15) is 84.4 Å². The lowest BCUT2D eigenvalue weighted by Gasteiger charge is -2.31. The number of carbonyl (C=O) groups is 18. The highest BCUT2D eigenvalue weighted by Gasteiger charge is 2.38. The van der Waals surface area contributed by atoms with Crippen molar-refractivity contribution in [3.05, 3.63) is 48.0 Å². The molecule has 15 amide bonds. The summed E-state index contributed by atoms with van der Waals surface area (Å²) >= 11 is 0. The van der Waals surface area contributed by atoms with Crippen molar-refractivity contribution in [3.63, 3.8) is 0 Å². The van der Waals surface area contributed by atoms with Gasteiger partial charge in [0.15, 0.2) is 5.78 Å². The molecule has 1 aliphatic heterocycles. The second-order valence-electron chi connectivity index (χ2n) is 23.8. The fourth-order valence-corrected chi connectivity index (χ4v) is 9.30. The summed E-state index contributed by atoms with van der Waals surface area (Å²) in [6.07, 6.45) is -2.96. The minimum atomic E-state index is -1.83. The number of amides is 15. The van der Waals surface area contributed by atoms with Crippen LogP contribution in [-0.2, 0) is 99.1 Å². The number of aliphatic carboxylic acids is 2. The number of aromatic hydroxyl groups is 1. The number of aromatic amines is 1. The number of imidazole rings is 1. The molecule has 3 rings (SSSR count). The van der Waals surface area contributed by atoms with Crippen LogP contribution in [0, 0.1) is 0 Å². The number of nitrogens with two attached hydrogens (primary N) is 1. The van der Waals surface area contributed by atoms with Crippen LogP contribution < -0.4 is 80.2 Å². The van der Waals surface area contributed by atoms with Gasteiger partial charge in [0.2, 0.25) is 88.6 Å². The zero-order chi connectivity index (χ0) is 76.6. The number of benzene rings is 1. The molecule has 42 heteroatoms. The molecule has 1 fully saturated rings. The third-order valence-electron chi connectivity index (χ3n) is 14.8. The van der Waals surface area contributed by atoms with Crippen molar-refractivity contribution in [1.82, 2.24) is 89.3 Å². The molecule has 0 saturated carbocycles. The fraction of sp³-hybridized carbons (Fsp3) is 0.550. The Balaban J connectivity index is 1.51. The van der Waals surface area contributed by atoms with Crippen molar-refractivity contribution < 1.29 is 117 Å². The highest BCUT2D eigenvalue weighted by Crippen LogP contribution is 2.14. The second-order valence-corrected chi connectivity index (χ2v) is 23.8. The van der Waals surface area contributed by atoms with Crippen LogP contribution >= 0.6 is 0 Å². The van der Waals surface area contributed by atoms with E-state index in [9.17, 15) is 112 Å². The van der Waals surface area contributed by atoms with E-state index in [-0.39, 0.29) is 38.0 Å². The first-order valence-electron chi connectivity index (χ1n) is 31.7. The molecule has 562 valence electrons. The predicted octanol–water partition coefficient (Wildman–Crippen LogP) is -11.1. The number of hydrogen-bond acceptors (Lipinski definition) is 24. The lowest BCUT2D eigenvalue weighted by Crippen LogP contribution is -2.61. The minimum absolute atomic E-state index is 0.0246. The topological polar surface area (TPSA) is 655 Å². The Morgan fingerprint density at radius 2 is 1.04 bits per heavy atom. The first kappa shape index (κ1) is 85.0. The van der Waals surface area contributed by atoms with Crippen molar-refractivity contribution >= 4 is 106 Å². The highest BCUT2D eigenvalue weighted by atomic mass is 16.4. The Labute approximate surface area is 581 Å².